The van der Waals surface area contributed by atoms with E-state index in [0.29, 0.717) is 24.8 Å². The summed E-state index contributed by atoms with van der Waals surface area (Å²) >= 11 is 0. The maximum atomic E-state index is 11.9. The highest BCUT2D eigenvalue weighted by molar-refractivity contribution is 5.91. The van der Waals surface area contributed by atoms with Gasteiger partial charge in [0.1, 0.15) is 11.4 Å². The predicted octanol–water partition coefficient (Wildman–Crippen LogP) is 3.36. The van der Waals surface area contributed by atoms with Crippen molar-refractivity contribution in [3.63, 3.8) is 0 Å². The Hall–Kier alpha value is -2.30. The van der Waals surface area contributed by atoms with Crippen molar-refractivity contribution in [2.24, 2.45) is 0 Å². The normalized spacial score (nSPS) is 13.9. The van der Waals surface area contributed by atoms with Gasteiger partial charge in [-0.2, -0.15) is 5.10 Å². The summed E-state index contributed by atoms with van der Waals surface area (Å²) in [5, 5.41) is 7.11. The zero-order valence-electron chi connectivity index (χ0n) is 12.9. The lowest BCUT2D eigenvalue weighted by Crippen LogP contribution is -2.07. The maximum absolute atomic E-state index is 11.9. The number of hydrogen-bond acceptors (Lipinski definition) is 4. The molecule has 1 aromatic carbocycles. The van der Waals surface area contributed by atoms with Crippen LogP contribution >= 0.6 is 0 Å². The minimum absolute atomic E-state index is 0.351. The molecule has 1 aliphatic carbocycles. The van der Waals surface area contributed by atoms with Crippen molar-refractivity contribution in [2.75, 3.05) is 6.61 Å². The fraction of sp³-hybridized carbons (Fsp3) is 0.412. The van der Waals surface area contributed by atoms with Gasteiger partial charge in [0.2, 0.25) is 0 Å². The van der Waals surface area contributed by atoms with E-state index in [1.807, 2.05) is 31.2 Å². The van der Waals surface area contributed by atoms with E-state index in [9.17, 15) is 4.79 Å². The van der Waals surface area contributed by atoms with Gasteiger partial charge in [-0.05, 0) is 50.5 Å². The first-order valence-electron chi connectivity index (χ1n) is 7.74. The van der Waals surface area contributed by atoms with Gasteiger partial charge in [0, 0.05) is 11.1 Å². The summed E-state index contributed by atoms with van der Waals surface area (Å²) in [5.74, 6) is 0.525. The van der Waals surface area contributed by atoms with Crippen LogP contribution in [-0.2, 0) is 11.2 Å². The number of H-pyrrole nitrogens is 1. The summed E-state index contributed by atoms with van der Waals surface area (Å²) in [5.41, 5.74) is 3.09. The molecule has 1 fully saturated rings. The quantitative estimate of drug-likeness (QED) is 0.831. The van der Waals surface area contributed by atoms with Crippen molar-refractivity contribution < 1.29 is 14.3 Å². The molecule has 0 amide bonds. The van der Waals surface area contributed by atoms with Gasteiger partial charge in [-0.15, -0.1) is 0 Å². The fourth-order valence-corrected chi connectivity index (χ4v) is 2.39. The number of aromatic nitrogens is 2. The third kappa shape index (κ3) is 2.98. The van der Waals surface area contributed by atoms with Gasteiger partial charge >= 0.3 is 5.97 Å². The topological polar surface area (TPSA) is 64.2 Å². The van der Waals surface area contributed by atoms with E-state index >= 15 is 0 Å². The van der Waals surface area contributed by atoms with Crippen molar-refractivity contribution in [3.8, 4) is 17.0 Å². The zero-order chi connectivity index (χ0) is 15.5. The molecule has 2 aromatic rings. The monoisotopic (exact) mass is 300 g/mol. The molecular weight excluding hydrogens is 280 g/mol. The maximum Gasteiger partial charge on any atom is 0.356 e. The van der Waals surface area contributed by atoms with E-state index in [1.165, 1.54) is 0 Å². The molecule has 1 N–H and O–H groups in total. The molecule has 116 valence electrons. The molecule has 1 aromatic heterocycles. The summed E-state index contributed by atoms with van der Waals surface area (Å²) in [6, 6.07) is 7.85. The van der Waals surface area contributed by atoms with Crippen LogP contribution in [0.1, 0.15) is 42.7 Å². The Morgan fingerprint density at radius 1 is 1.27 bits per heavy atom. The molecule has 0 unspecified atom stereocenters. The van der Waals surface area contributed by atoms with E-state index < -0.39 is 0 Å². The van der Waals surface area contributed by atoms with E-state index in [-0.39, 0.29) is 5.97 Å². The molecule has 1 heterocycles. The first-order chi connectivity index (χ1) is 10.7. The van der Waals surface area contributed by atoms with Crippen LogP contribution in [0.25, 0.3) is 11.3 Å². The highest BCUT2D eigenvalue weighted by atomic mass is 16.5. The minimum Gasteiger partial charge on any atom is -0.490 e. The largest absolute Gasteiger partial charge is 0.490 e. The van der Waals surface area contributed by atoms with Gasteiger partial charge in [-0.25, -0.2) is 4.79 Å². The predicted molar refractivity (Wildman–Crippen MR) is 83.0 cm³/mol. The van der Waals surface area contributed by atoms with Gasteiger partial charge in [0.15, 0.2) is 0 Å². The van der Waals surface area contributed by atoms with Crippen LogP contribution in [0.2, 0.25) is 0 Å². The summed E-state index contributed by atoms with van der Waals surface area (Å²) in [6.07, 6.45) is 3.38. The SMILES string of the molecule is CCOC(=O)c1[nH]nc(-c2ccc(OC3CC3)cc2)c1CC. The Morgan fingerprint density at radius 2 is 2.00 bits per heavy atom. The molecule has 1 aliphatic rings. The molecule has 0 saturated heterocycles. The molecule has 0 spiro atoms. The van der Waals surface area contributed by atoms with Gasteiger partial charge in [0.05, 0.1) is 18.4 Å². The molecule has 1 saturated carbocycles. The van der Waals surface area contributed by atoms with Crippen molar-refractivity contribution in [1.82, 2.24) is 10.2 Å². The number of nitrogens with one attached hydrogen (secondary N) is 1. The Kier molecular flexibility index (Phi) is 4.13. The smallest absolute Gasteiger partial charge is 0.356 e. The first-order valence-corrected chi connectivity index (χ1v) is 7.74. The van der Waals surface area contributed by atoms with E-state index in [0.717, 1.165) is 35.4 Å². The van der Waals surface area contributed by atoms with Crippen LogP contribution in [0.5, 0.6) is 5.75 Å². The molecule has 0 bridgehead atoms. The highest BCUT2D eigenvalue weighted by Gasteiger charge is 2.24. The lowest BCUT2D eigenvalue weighted by molar-refractivity contribution is 0.0518. The Morgan fingerprint density at radius 3 is 2.59 bits per heavy atom. The lowest BCUT2D eigenvalue weighted by Gasteiger charge is -2.06. The van der Waals surface area contributed by atoms with Crippen molar-refractivity contribution in [3.05, 3.63) is 35.5 Å². The summed E-state index contributed by atoms with van der Waals surface area (Å²) in [7, 11) is 0. The minimum atomic E-state index is -0.355. The van der Waals surface area contributed by atoms with Crippen molar-refractivity contribution in [1.29, 1.82) is 0 Å². The Bertz CT molecular complexity index is 657. The van der Waals surface area contributed by atoms with Crippen LogP contribution < -0.4 is 4.74 Å². The molecular formula is C17H20N2O3. The Labute approximate surface area is 129 Å². The van der Waals surface area contributed by atoms with Gasteiger partial charge in [0.25, 0.3) is 0 Å². The average Bonchev–Trinajstić information content (AvgIpc) is 3.23. The van der Waals surface area contributed by atoms with Crippen LogP contribution in [0.3, 0.4) is 0 Å². The number of ether oxygens (including phenoxy) is 2. The molecule has 3 rings (SSSR count). The molecule has 5 heteroatoms. The van der Waals surface area contributed by atoms with Crippen LogP contribution in [0.15, 0.2) is 24.3 Å². The second-order valence-electron chi connectivity index (χ2n) is 5.34. The van der Waals surface area contributed by atoms with Crippen LogP contribution in [-0.4, -0.2) is 28.9 Å². The Balaban J connectivity index is 1.85. The third-order valence-corrected chi connectivity index (χ3v) is 3.66. The number of carbonyl (C=O) groups is 1. The zero-order valence-corrected chi connectivity index (χ0v) is 12.9. The number of hydrogen-bond donors (Lipinski definition) is 1. The first kappa shape index (κ1) is 14.6. The third-order valence-electron chi connectivity index (χ3n) is 3.66. The van der Waals surface area contributed by atoms with E-state index in [2.05, 4.69) is 10.2 Å². The summed E-state index contributed by atoms with van der Waals surface area (Å²) in [4.78, 5) is 11.9. The van der Waals surface area contributed by atoms with Crippen LogP contribution in [0.4, 0.5) is 0 Å². The number of esters is 1. The van der Waals surface area contributed by atoms with Crippen molar-refractivity contribution in [2.45, 2.75) is 39.2 Å². The van der Waals surface area contributed by atoms with Gasteiger partial charge in [-0.1, -0.05) is 6.92 Å². The van der Waals surface area contributed by atoms with Crippen molar-refractivity contribution >= 4 is 5.97 Å². The van der Waals surface area contributed by atoms with Crippen LogP contribution in [0, 0.1) is 0 Å². The average molecular weight is 300 g/mol. The second-order valence-corrected chi connectivity index (χ2v) is 5.34. The fourth-order valence-electron chi connectivity index (χ4n) is 2.39. The van der Waals surface area contributed by atoms with Gasteiger partial charge in [-0.3, -0.25) is 5.10 Å². The number of benzene rings is 1. The standard InChI is InChI=1S/C17H20N2O3/c1-3-14-15(18-19-16(14)17(20)21-4-2)11-5-7-12(8-6-11)22-13-9-10-13/h5-8,13H,3-4,9-10H2,1-2H3,(H,18,19). The van der Waals surface area contributed by atoms with Gasteiger partial charge < -0.3 is 9.47 Å². The number of carbonyl (C=O) groups excluding carboxylic acids is 1. The molecule has 0 atom stereocenters. The molecule has 5 nitrogen and oxygen atoms in total. The molecule has 0 radical (unpaired) electrons. The summed E-state index contributed by atoms with van der Waals surface area (Å²) in [6.45, 7) is 4.14. The number of rotatable bonds is 6. The summed E-state index contributed by atoms with van der Waals surface area (Å²) < 4.78 is 10.8. The molecule has 22 heavy (non-hydrogen) atoms. The van der Waals surface area contributed by atoms with E-state index in [4.69, 9.17) is 9.47 Å². The lowest BCUT2D eigenvalue weighted by atomic mass is 10.0. The highest BCUT2D eigenvalue weighted by Crippen LogP contribution is 2.30. The second kappa shape index (κ2) is 6.22. The van der Waals surface area contributed by atoms with E-state index in [1.54, 1.807) is 6.92 Å². The number of aromatic amines is 1. The number of nitrogens with zero attached hydrogens (tertiary/aromatic N) is 1. The molecule has 0 aliphatic heterocycles.